The predicted molar refractivity (Wildman–Crippen MR) is 71.7 cm³/mol. The van der Waals surface area contributed by atoms with Crippen LogP contribution in [0.3, 0.4) is 0 Å². The molecule has 18 heavy (non-hydrogen) atoms. The van der Waals surface area contributed by atoms with E-state index in [4.69, 9.17) is 4.74 Å². The summed E-state index contributed by atoms with van der Waals surface area (Å²) in [6, 6.07) is 1.60. The highest BCUT2D eigenvalue weighted by Crippen LogP contribution is 2.41. The van der Waals surface area contributed by atoms with Gasteiger partial charge in [-0.3, -0.25) is 9.80 Å². The molecule has 4 fully saturated rings. The molecule has 0 aromatic carbocycles. The van der Waals surface area contributed by atoms with E-state index in [9.17, 15) is 0 Å². The molecule has 0 aromatic heterocycles. The fourth-order valence-electron chi connectivity index (χ4n) is 4.40. The van der Waals surface area contributed by atoms with Crippen molar-refractivity contribution in [2.24, 2.45) is 5.92 Å². The van der Waals surface area contributed by atoms with E-state index in [2.05, 4.69) is 9.80 Å². The number of hydrogen-bond donors (Lipinski definition) is 0. The second-order valence-electron chi connectivity index (χ2n) is 6.71. The van der Waals surface area contributed by atoms with Gasteiger partial charge in [-0.2, -0.15) is 0 Å². The maximum atomic E-state index is 6.04. The summed E-state index contributed by atoms with van der Waals surface area (Å²) in [7, 11) is 0. The van der Waals surface area contributed by atoms with Gasteiger partial charge in [0.25, 0.3) is 0 Å². The highest BCUT2D eigenvalue weighted by atomic mass is 16.5. The van der Waals surface area contributed by atoms with E-state index in [1.165, 1.54) is 64.7 Å². The first-order chi connectivity index (χ1) is 8.92. The molecule has 3 atom stereocenters. The molecule has 0 amide bonds. The summed E-state index contributed by atoms with van der Waals surface area (Å²) in [6.07, 6.45) is 8.93. The van der Waals surface area contributed by atoms with E-state index in [0.29, 0.717) is 6.10 Å². The van der Waals surface area contributed by atoms with Crippen molar-refractivity contribution < 1.29 is 4.74 Å². The SMILES string of the molecule is C1CC2CN(C3CCOC3C3CC3)CCCN2C1. The van der Waals surface area contributed by atoms with Crippen LogP contribution < -0.4 is 0 Å². The highest BCUT2D eigenvalue weighted by Gasteiger charge is 2.44. The summed E-state index contributed by atoms with van der Waals surface area (Å²) >= 11 is 0. The van der Waals surface area contributed by atoms with E-state index >= 15 is 0 Å². The molecular formula is C15H26N2O. The van der Waals surface area contributed by atoms with Crippen molar-refractivity contribution in [1.29, 1.82) is 0 Å². The number of nitrogens with zero attached hydrogens (tertiary/aromatic N) is 2. The molecule has 0 aromatic rings. The number of fused-ring (bicyclic) bond motifs is 1. The Hall–Kier alpha value is -0.120. The maximum Gasteiger partial charge on any atom is 0.0759 e. The third kappa shape index (κ3) is 2.10. The molecule has 0 bridgehead atoms. The van der Waals surface area contributed by atoms with Crippen LogP contribution in [-0.2, 0) is 4.74 Å². The molecule has 3 aliphatic heterocycles. The van der Waals surface area contributed by atoms with Gasteiger partial charge >= 0.3 is 0 Å². The van der Waals surface area contributed by atoms with Crippen LogP contribution in [-0.4, -0.2) is 60.8 Å². The molecule has 0 N–H and O–H groups in total. The van der Waals surface area contributed by atoms with Gasteiger partial charge in [0.1, 0.15) is 0 Å². The molecule has 1 saturated carbocycles. The van der Waals surface area contributed by atoms with Crippen LogP contribution in [0.25, 0.3) is 0 Å². The fourth-order valence-corrected chi connectivity index (χ4v) is 4.40. The van der Waals surface area contributed by atoms with E-state index in [-0.39, 0.29) is 0 Å². The molecule has 3 saturated heterocycles. The number of ether oxygens (including phenoxy) is 1. The first-order valence-corrected chi connectivity index (χ1v) is 8.01. The second-order valence-corrected chi connectivity index (χ2v) is 6.71. The molecule has 1 aliphatic carbocycles. The normalized spacial score (nSPS) is 43.0. The van der Waals surface area contributed by atoms with Crippen LogP contribution >= 0.6 is 0 Å². The third-order valence-corrected chi connectivity index (χ3v) is 5.49. The maximum absolute atomic E-state index is 6.04. The van der Waals surface area contributed by atoms with Crippen molar-refractivity contribution in [3.05, 3.63) is 0 Å². The first kappa shape index (κ1) is 11.7. The number of rotatable bonds is 2. The Bertz CT molecular complexity index is 305. The molecule has 3 nitrogen and oxygen atoms in total. The third-order valence-electron chi connectivity index (χ3n) is 5.49. The lowest BCUT2D eigenvalue weighted by Gasteiger charge is -2.33. The van der Waals surface area contributed by atoms with Crippen molar-refractivity contribution in [2.45, 2.75) is 56.7 Å². The molecule has 4 rings (SSSR count). The fraction of sp³-hybridized carbons (Fsp3) is 1.00. The van der Waals surface area contributed by atoms with E-state index < -0.39 is 0 Å². The zero-order valence-electron chi connectivity index (χ0n) is 11.4. The molecule has 0 radical (unpaired) electrons. The van der Waals surface area contributed by atoms with Gasteiger partial charge in [-0.1, -0.05) is 0 Å². The molecule has 0 spiro atoms. The Morgan fingerprint density at radius 3 is 2.56 bits per heavy atom. The van der Waals surface area contributed by atoms with Gasteiger partial charge < -0.3 is 4.74 Å². The summed E-state index contributed by atoms with van der Waals surface area (Å²) in [6.45, 7) is 6.33. The summed E-state index contributed by atoms with van der Waals surface area (Å²) in [5.74, 6) is 0.903. The monoisotopic (exact) mass is 250 g/mol. The van der Waals surface area contributed by atoms with Crippen LogP contribution in [0.15, 0.2) is 0 Å². The van der Waals surface area contributed by atoms with Crippen LogP contribution in [0.2, 0.25) is 0 Å². The lowest BCUT2D eigenvalue weighted by atomic mass is 10.0. The minimum Gasteiger partial charge on any atom is -0.376 e. The summed E-state index contributed by atoms with van der Waals surface area (Å²) in [5, 5.41) is 0. The lowest BCUT2D eigenvalue weighted by Crippen LogP contribution is -2.46. The van der Waals surface area contributed by atoms with Gasteiger partial charge in [-0.25, -0.2) is 0 Å². The zero-order chi connectivity index (χ0) is 11.9. The van der Waals surface area contributed by atoms with Crippen LogP contribution in [0.5, 0.6) is 0 Å². The standard InChI is InChI=1S/C15H26N2O/c1-3-13-11-17(9-2-8-16(13)7-1)14-6-10-18-15(14)12-4-5-12/h12-15H,1-11H2. The summed E-state index contributed by atoms with van der Waals surface area (Å²) in [5.41, 5.74) is 0. The Balaban J connectivity index is 1.46. The van der Waals surface area contributed by atoms with Crippen molar-refractivity contribution in [3.63, 3.8) is 0 Å². The van der Waals surface area contributed by atoms with Crippen molar-refractivity contribution in [1.82, 2.24) is 9.80 Å². The van der Waals surface area contributed by atoms with E-state index in [0.717, 1.165) is 24.6 Å². The lowest BCUT2D eigenvalue weighted by molar-refractivity contribution is 0.0434. The van der Waals surface area contributed by atoms with Gasteiger partial charge in [0.2, 0.25) is 0 Å². The quantitative estimate of drug-likeness (QED) is 0.742. The van der Waals surface area contributed by atoms with Crippen molar-refractivity contribution in [2.75, 3.05) is 32.8 Å². The van der Waals surface area contributed by atoms with Crippen LogP contribution in [0.4, 0.5) is 0 Å². The van der Waals surface area contributed by atoms with Crippen LogP contribution in [0, 0.1) is 5.92 Å². The zero-order valence-corrected chi connectivity index (χ0v) is 11.4. The van der Waals surface area contributed by atoms with Gasteiger partial charge in [0.15, 0.2) is 0 Å². The smallest absolute Gasteiger partial charge is 0.0759 e. The Morgan fingerprint density at radius 1 is 0.833 bits per heavy atom. The Labute approximate surface area is 110 Å². The highest BCUT2D eigenvalue weighted by molar-refractivity contribution is 4.97. The topological polar surface area (TPSA) is 15.7 Å². The van der Waals surface area contributed by atoms with Gasteiger partial charge in [0, 0.05) is 25.2 Å². The molecule has 4 aliphatic rings. The van der Waals surface area contributed by atoms with Gasteiger partial charge in [-0.05, 0) is 64.1 Å². The molecule has 3 unspecified atom stereocenters. The van der Waals surface area contributed by atoms with Crippen molar-refractivity contribution in [3.8, 4) is 0 Å². The van der Waals surface area contributed by atoms with E-state index in [1.807, 2.05) is 0 Å². The van der Waals surface area contributed by atoms with Crippen molar-refractivity contribution >= 4 is 0 Å². The van der Waals surface area contributed by atoms with E-state index in [1.54, 1.807) is 0 Å². The average Bonchev–Trinajstić information content (AvgIpc) is 3.02. The largest absolute Gasteiger partial charge is 0.376 e. The van der Waals surface area contributed by atoms with Crippen LogP contribution in [0.1, 0.15) is 38.5 Å². The molecule has 3 heteroatoms. The molecule has 3 heterocycles. The minimum absolute atomic E-state index is 0.581. The minimum atomic E-state index is 0.581. The summed E-state index contributed by atoms with van der Waals surface area (Å²) < 4.78 is 6.04. The number of hydrogen-bond acceptors (Lipinski definition) is 3. The average molecular weight is 250 g/mol. The Morgan fingerprint density at radius 2 is 1.67 bits per heavy atom. The predicted octanol–water partition coefficient (Wildman–Crippen LogP) is 1.72. The molecular weight excluding hydrogens is 224 g/mol. The molecule has 102 valence electrons. The second kappa shape index (κ2) is 4.77. The first-order valence-electron chi connectivity index (χ1n) is 8.01. The van der Waals surface area contributed by atoms with Gasteiger partial charge in [-0.15, -0.1) is 0 Å². The Kier molecular flexibility index (Phi) is 3.10. The van der Waals surface area contributed by atoms with Gasteiger partial charge in [0.05, 0.1) is 6.10 Å². The summed E-state index contributed by atoms with van der Waals surface area (Å²) in [4.78, 5) is 5.54.